The van der Waals surface area contributed by atoms with Crippen molar-refractivity contribution in [3.63, 3.8) is 0 Å². The maximum atomic E-state index is 13.9. The van der Waals surface area contributed by atoms with Crippen LogP contribution in [0.3, 0.4) is 0 Å². The van der Waals surface area contributed by atoms with Crippen LogP contribution in [0.4, 0.5) is 13.6 Å². The molecule has 0 bridgehead atoms. The van der Waals surface area contributed by atoms with Gasteiger partial charge in [0.05, 0.1) is 0 Å². The van der Waals surface area contributed by atoms with Gasteiger partial charge in [-0.05, 0) is 29.8 Å². The molecule has 6 nitrogen and oxygen atoms in total. The lowest BCUT2D eigenvalue weighted by molar-refractivity contribution is -0.135. The van der Waals surface area contributed by atoms with Crippen LogP contribution in [-0.4, -0.2) is 34.1 Å². The third kappa shape index (κ3) is 3.67. The largest absolute Gasteiger partial charge is 0.478 e. The number of ether oxygens (including phenoxy) is 1. The van der Waals surface area contributed by atoms with Gasteiger partial charge in [0.1, 0.15) is 29.0 Å². The molecule has 1 amide bonds. The van der Waals surface area contributed by atoms with Gasteiger partial charge in [0.2, 0.25) is 0 Å². The zero-order valence-corrected chi connectivity index (χ0v) is 13.8. The van der Waals surface area contributed by atoms with Crippen molar-refractivity contribution >= 4 is 28.9 Å². The number of hydrogen-bond acceptors (Lipinski definition) is 5. The SMILES string of the molecule is O=C1NC(C(=O)Oc2ccc(-c3ccc(F)cc3F)cc2C(=O)O)CS1. The molecule has 1 atom stereocenters. The second kappa shape index (κ2) is 7.12. The summed E-state index contributed by atoms with van der Waals surface area (Å²) in [6.45, 7) is 0. The quantitative estimate of drug-likeness (QED) is 0.627. The minimum Gasteiger partial charge on any atom is -0.478 e. The molecule has 1 aliphatic heterocycles. The number of carbonyl (C=O) groups excluding carboxylic acids is 2. The van der Waals surface area contributed by atoms with Crippen molar-refractivity contribution in [1.29, 1.82) is 0 Å². The fraction of sp³-hybridized carbons (Fsp3) is 0.118. The van der Waals surface area contributed by atoms with E-state index in [0.29, 0.717) is 6.07 Å². The summed E-state index contributed by atoms with van der Waals surface area (Å²) < 4.78 is 32.0. The number of benzene rings is 2. The Morgan fingerprint density at radius 1 is 1.19 bits per heavy atom. The first-order valence-corrected chi connectivity index (χ1v) is 8.31. The number of thioether (sulfide) groups is 1. The van der Waals surface area contributed by atoms with E-state index in [1.54, 1.807) is 0 Å². The zero-order chi connectivity index (χ0) is 18.8. The number of carboxylic acids is 1. The summed E-state index contributed by atoms with van der Waals surface area (Å²) in [7, 11) is 0. The third-order valence-electron chi connectivity index (χ3n) is 3.62. The van der Waals surface area contributed by atoms with E-state index in [9.17, 15) is 28.3 Å². The average molecular weight is 379 g/mol. The summed E-state index contributed by atoms with van der Waals surface area (Å²) in [5, 5.41) is 11.4. The lowest BCUT2D eigenvalue weighted by Crippen LogP contribution is -2.37. The maximum Gasteiger partial charge on any atom is 0.339 e. The number of aromatic carboxylic acids is 1. The maximum absolute atomic E-state index is 13.9. The molecule has 1 saturated heterocycles. The van der Waals surface area contributed by atoms with Crippen LogP contribution < -0.4 is 10.1 Å². The highest BCUT2D eigenvalue weighted by molar-refractivity contribution is 8.14. The Hall–Kier alpha value is -2.94. The molecule has 0 aromatic heterocycles. The van der Waals surface area contributed by atoms with Crippen molar-refractivity contribution in [1.82, 2.24) is 5.32 Å². The standard InChI is InChI=1S/C17H11F2NO5S/c18-9-2-3-10(12(19)6-9)8-1-4-14(11(5-8)15(21)22)25-16(23)13-7-26-17(24)20-13/h1-6,13H,7H2,(H,20,24)(H,21,22). The van der Waals surface area contributed by atoms with Crippen LogP contribution in [0, 0.1) is 11.6 Å². The van der Waals surface area contributed by atoms with E-state index in [0.717, 1.165) is 23.9 Å². The fourth-order valence-corrected chi connectivity index (χ4v) is 3.13. The first-order valence-electron chi connectivity index (χ1n) is 7.33. The van der Waals surface area contributed by atoms with Crippen LogP contribution in [0.2, 0.25) is 0 Å². The topological polar surface area (TPSA) is 92.7 Å². The van der Waals surface area contributed by atoms with E-state index >= 15 is 0 Å². The molecular weight excluding hydrogens is 368 g/mol. The number of rotatable bonds is 4. The molecule has 1 fully saturated rings. The highest BCUT2D eigenvalue weighted by Gasteiger charge is 2.30. The first-order chi connectivity index (χ1) is 12.3. The Morgan fingerprint density at radius 3 is 2.58 bits per heavy atom. The molecule has 1 unspecified atom stereocenters. The Balaban J connectivity index is 1.91. The second-order valence-corrected chi connectivity index (χ2v) is 6.35. The summed E-state index contributed by atoms with van der Waals surface area (Å²) in [4.78, 5) is 34.6. The van der Waals surface area contributed by atoms with Gasteiger partial charge in [-0.15, -0.1) is 0 Å². The number of carboxylic acid groups (broad SMARTS) is 1. The van der Waals surface area contributed by atoms with Gasteiger partial charge in [-0.3, -0.25) is 4.79 Å². The van der Waals surface area contributed by atoms with Crippen LogP contribution in [0.15, 0.2) is 36.4 Å². The van der Waals surface area contributed by atoms with Crippen molar-refractivity contribution in [2.45, 2.75) is 6.04 Å². The van der Waals surface area contributed by atoms with Gasteiger partial charge in [-0.1, -0.05) is 17.8 Å². The number of amides is 1. The smallest absolute Gasteiger partial charge is 0.339 e. The molecule has 2 aromatic carbocycles. The highest BCUT2D eigenvalue weighted by Crippen LogP contribution is 2.29. The molecule has 2 N–H and O–H groups in total. The molecule has 0 aliphatic carbocycles. The summed E-state index contributed by atoms with van der Waals surface area (Å²) in [5.41, 5.74) is -0.174. The van der Waals surface area contributed by atoms with Gasteiger partial charge in [0, 0.05) is 17.4 Å². The summed E-state index contributed by atoms with van der Waals surface area (Å²) in [5.74, 6) is -3.85. The first kappa shape index (κ1) is 17.9. The van der Waals surface area contributed by atoms with Gasteiger partial charge in [0.25, 0.3) is 5.24 Å². The Bertz CT molecular complexity index is 918. The predicted molar refractivity (Wildman–Crippen MR) is 89.2 cm³/mol. The Morgan fingerprint density at radius 2 is 1.96 bits per heavy atom. The molecule has 0 radical (unpaired) electrons. The normalized spacial score (nSPS) is 16.2. The molecule has 3 rings (SSSR count). The highest BCUT2D eigenvalue weighted by atomic mass is 32.2. The fourth-order valence-electron chi connectivity index (χ4n) is 2.37. The van der Waals surface area contributed by atoms with Crippen LogP contribution >= 0.6 is 11.8 Å². The van der Waals surface area contributed by atoms with Gasteiger partial charge in [0.15, 0.2) is 0 Å². The molecular formula is C17H11F2NO5S. The van der Waals surface area contributed by atoms with E-state index in [2.05, 4.69) is 5.32 Å². The number of carbonyl (C=O) groups is 3. The Labute approximate surface area is 150 Å². The van der Waals surface area contributed by atoms with Crippen molar-refractivity contribution in [3.8, 4) is 16.9 Å². The van der Waals surface area contributed by atoms with Gasteiger partial charge < -0.3 is 15.2 Å². The number of nitrogens with one attached hydrogen (secondary N) is 1. The summed E-state index contributed by atoms with van der Waals surface area (Å²) >= 11 is 0.918. The van der Waals surface area contributed by atoms with E-state index < -0.39 is 29.6 Å². The molecule has 1 aliphatic rings. The average Bonchev–Trinajstić information content (AvgIpc) is 3.02. The molecule has 134 valence electrons. The number of esters is 1. The molecule has 2 aromatic rings. The van der Waals surface area contributed by atoms with Crippen LogP contribution in [0.5, 0.6) is 5.75 Å². The van der Waals surface area contributed by atoms with Crippen molar-refractivity contribution in [2.75, 3.05) is 5.75 Å². The van der Waals surface area contributed by atoms with Gasteiger partial charge in [-0.25, -0.2) is 18.4 Å². The Kier molecular flexibility index (Phi) is 4.90. The van der Waals surface area contributed by atoms with E-state index in [1.165, 1.54) is 18.2 Å². The third-order valence-corrected chi connectivity index (χ3v) is 4.50. The minimum absolute atomic E-state index is 0.00577. The van der Waals surface area contributed by atoms with Crippen molar-refractivity contribution < 1.29 is 33.0 Å². The van der Waals surface area contributed by atoms with Crippen LogP contribution in [0.25, 0.3) is 11.1 Å². The van der Waals surface area contributed by atoms with E-state index in [4.69, 9.17) is 4.74 Å². The number of halogens is 2. The zero-order valence-electron chi connectivity index (χ0n) is 13.0. The monoisotopic (exact) mass is 379 g/mol. The molecule has 1 heterocycles. The van der Waals surface area contributed by atoms with Gasteiger partial charge in [-0.2, -0.15) is 0 Å². The predicted octanol–water partition coefficient (Wildman–Crippen LogP) is 3.06. The lowest BCUT2D eigenvalue weighted by atomic mass is 10.0. The molecule has 26 heavy (non-hydrogen) atoms. The lowest BCUT2D eigenvalue weighted by Gasteiger charge is -2.12. The van der Waals surface area contributed by atoms with E-state index in [1.807, 2.05) is 0 Å². The molecule has 0 spiro atoms. The summed E-state index contributed by atoms with van der Waals surface area (Å²) in [6.07, 6.45) is 0. The van der Waals surface area contributed by atoms with E-state index in [-0.39, 0.29) is 33.4 Å². The van der Waals surface area contributed by atoms with Crippen molar-refractivity contribution in [2.24, 2.45) is 0 Å². The molecule has 0 saturated carbocycles. The van der Waals surface area contributed by atoms with Crippen LogP contribution in [0.1, 0.15) is 10.4 Å². The van der Waals surface area contributed by atoms with Crippen molar-refractivity contribution in [3.05, 3.63) is 53.6 Å². The van der Waals surface area contributed by atoms with Gasteiger partial charge >= 0.3 is 11.9 Å². The second-order valence-electron chi connectivity index (χ2n) is 5.36. The molecule has 9 heteroatoms. The number of hydrogen-bond donors (Lipinski definition) is 2. The summed E-state index contributed by atoms with van der Waals surface area (Å²) in [6, 6.07) is 5.74. The van der Waals surface area contributed by atoms with Crippen LogP contribution in [-0.2, 0) is 4.79 Å². The minimum atomic E-state index is -1.39.